The van der Waals surface area contributed by atoms with E-state index in [1.54, 1.807) is 12.1 Å². The minimum absolute atomic E-state index is 0.0269. The zero-order chi connectivity index (χ0) is 12.7. The molecule has 92 valence electrons. The zero-order valence-corrected chi connectivity index (χ0v) is 9.59. The number of hydroxylamine groups is 1. The second kappa shape index (κ2) is 6.59. The van der Waals surface area contributed by atoms with Crippen molar-refractivity contribution in [1.29, 1.82) is 0 Å². The summed E-state index contributed by atoms with van der Waals surface area (Å²) in [5.74, 6) is 0.252. The fraction of sp³-hybridized carbons (Fsp3) is 0.364. The highest BCUT2D eigenvalue weighted by atomic mass is 16.6. The number of hydrogen-bond donors (Lipinski definition) is 2. The van der Waals surface area contributed by atoms with Crippen LogP contribution in [0.25, 0.3) is 0 Å². The van der Waals surface area contributed by atoms with Crippen LogP contribution in [0.5, 0.6) is 0 Å². The molecule has 0 bridgehead atoms. The van der Waals surface area contributed by atoms with Gasteiger partial charge in [-0.05, 0) is 6.42 Å². The Morgan fingerprint density at radius 2 is 2.35 bits per heavy atom. The van der Waals surface area contributed by atoms with E-state index in [1.165, 1.54) is 12.1 Å². The number of unbranched alkanes of at least 4 members (excludes halogenated alkanes) is 1. The van der Waals surface area contributed by atoms with Crippen LogP contribution < -0.4 is 5.48 Å². The Morgan fingerprint density at radius 1 is 1.59 bits per heavy atom. The second-order valence-corrected chi connectivity index (χ2v) is 3.50. The van der Waals surface area contributed by atoms with Crippen molar-refractivity contribution in [2.45, 2.75) is 19.8 Å². The highest BCUT2D eigenvalue weighted by Gasteiger charge is 2.09. The third kappa shape index (κ3) is 3.84. The third-order valence-corrected chi connectivity index (χ3v) is 2.22. The molecule has 2 N–H and O–H groups in total. The Labute approximate surface area is 99.1 Å². The van der Waals surface area contributed by atoms with Crippen molar-refractivity contribution < 1.29 is 10.1 Å². The first-order valence-electron chi connectivity index (χ1n) is 5.38. The van der Waals surface area contributed by atoms with Gasteiger partial charge in [-0.2, -0.15) is 0 Å². The van der Waals surface area contributed by atoms with Crippen molar-refractivity contribution in [3.63, 3.8) is 0 Å². The summed E-state index contributed by atoms with van der Waals surface area (Å²) in [4.78, 5) is 14.3. The van der Waals surface area contributed by atoms with E-state index in [2.05, 4.69) is 4.99 Å². The maximum atomic E-state index is 10.6. The fourth-order valence-corrected chi connectivity index (χ4v) is 1.31. The van der Waals surface area contributed by atoms with Gasteiger partial charge in [-0.3, -0.25) is 25.8 Å². The highest BCUT2D eigenvalue weighted by Crippen LogP contribution is 2.13. The van der Waals surface area contributed by atoms with E-state index in [0.29, 0.717) is 12.1 Å². The summed E-state index contributed by atoms with van der Waals surface area (Å²) in [5.41, 5.74) is 2.44. The van der Waals surface area contributed by atoms with Crippen LogP contribution in [0.15, 0.2) is 29.3 Å². The molecule has 0 aliphatic carbocycles. The Bertz CT molecular complexity index is 418. The van der Waals surface area contributed by atoms with Crippen LogP contribution in [0.4, 0.5) is 5.69 Å². The molecule has 1 aromatic rings. The second-order valence-electron chi connectivity index (χ2n) is 3.50. The van der Waals surface area contributed by atoms with Gasteiger partial charge < -0.3 is 0 Å². The number of hydrogen-bond acceptors (Lipinski definition) is 4. The van der Waals surface area contributed by atoms with Gasteiger partial charge in [-0.1, -0.05) is 25.5 Å². The van der Waals surface area contributed by atoms with Crippen LogP contribution in [-0.2, 0) is 0 Å². The number of non-ortho nitro benzene ring substituents is 1. The lowest BCUT2D eigenvalue weighted by atomic mass is 10.2. The number of nitro groups is 1. The van der Waals surface area contributed by atoms with E-state index < -0.39 is 4.92 Å². The molecule has 0 aromatic heterocycles. The molecule has 0 aliphatic heterocycles. The van der Waals surface area contributed by atoms with Gasteiger partial charge in [0.2, 0.25) is 0 Å². The van der Waals surface area contributed by atoms with Crippen LogP contribution in [0.3, 0.4) is 0 Å². The van der Waals surface area contributed by atoms with Gasteiger partial charge in [0.05, 0.1) is 4.92 Å². The molecule has 0 saturated carbocycles. The maximum Gasteiger partial charge on any atom is 0.270 e. The molecule has 0 fully saturated rings. The quantitative estimate of drug-likeness (QED) is 0.270. The van der Waals surface area contributed by atoms with E-state index in [-0.39, 0.29) is 11.5 Å². The lowest BCUT2D eigenvalue weighted by molar-refractivity contribution is -0.384. The SMILES string of the molecule is CCCCN=C(NO)c1cccc([N+](=O)[O-])c1. The molecule has 0 unspecified atom stereocenters. The minimum atomic E-state index is -0.482. The van der Waals surface area contributed by atoms with Crippen molar-refractivity contribution >= 4 is 11.5 Å². The maximum absolute atomic E-state index is 10.6. The topological polar surface area (TPSA) is 87.8 Å². The van der Waals surface area contributed by atoms with Gasteiger partial charge >= 0.3 is 0 Å². The molecule has 6 heteroatoms. The number of amidine groups is 1. The van der Waals surface area contributed by atoms with Gasteiger partial charge in [0.15, 0.2) is 5.84 Å². The number of nitrogens with one attached hydrogen (secondary N) is 1. The monoisotopic (exact) mass is 237 g/mol. The smallest absolute Gasteiger partial charge is 0.270 e. The molecule has 17 heavy (non-hydrogen) atoms. The summed E-state index contributed by atoms with van der Waals surface area (Å²) in [6.45, 7) is 2.61. The van der Waals surface area contributed by atoms with Gasteiger partial charge in [0.25, 0.3) is 5.69 Å². The number of rotatable bonds is 5. The van der Waals surface area contributed by atoms with E-state index >= 15 is 0 Å². The molecule has 0 amide bonds. The van der Waals surface area contributed by atoms with E-state index in [9.17, 15) is 10.1 Å². The lowest BCUT2D eigenvalue weighted by Crippen LogP contribution is -2.20. The summed E-state index contributed by atoms with van der Waals surface area (Å²) >= 11 is 0. The van der Waals surface area contributed by atoms with Crippen LogP contribution in [0, 0.1) is 10.1 Å². The van der Waals surface area contributed by atoms with Crippen molar-refractivity contribution in [3.05, 3.63) is 39.9 Å². The summed E-state index contributed by atoms with van der Waals surface area (Å²) in [6, 6.07) is 5.97. The molecule has 0 saturated heterocycles. The van der Waals surface area contributed by atoms with Crippen molar-refractivity contribution in [2.75, 3.05) is 6.54 Å². The molecule has 1 aromatic carbocycles. The van der Waals surface area contributed by atoms with Crippen molar-refractivity contribution in [2.24, 2.45) is 4.99 Å². The molecule has 0 aliphatic rings. The van der Waals surface area contributed by atoms with E-state index in [0.717, 1.165) is 12.8 Å². The molecule has 0 radical (unpaired) electrons. The average molecular weight is 237 g/mol. The Balaban J connectivity index is 2.91. The first-order chi connectivity index (χ1) is 8.19. The standard InChI is InChI=1S/C11H15N3O3/c1-2-3-7-12-11(13-15)9-5-4-6-10(8-9)14(16)17/h4-6,8,15H,2-3,7H2,1H3,(H,12,13). The fourth-order valence-electron chi connectivity index (χ4n) is 1.31. The van der Waals surface area contributed by atoms with Crippen LogP contribution >= 0.6 is 0 Å². The summed E-state index contributed by atoms with van der Waals surface area (Å²) in [7, 11) is 0. The van der Waals surface area contributed by atoms with Crippen LogP contribution in [0.1, 0.15) is 25.3 Å². The number of aliphatic imine (C=N–C) groups is 1. The van der Waals surface area contributed by atoms with E-state index in [4.69, 9.17) is 5.21 Å². The van der Waals surface area contributed by atoms with Gasteiger partial charge in [-0.15, -0.1) is 0 Å². The Kier molecular flexibility index (Phi) is 5.09. The number of benzene rings is 1. The Morgan fingerprint density at radius 3 is 2.94 bits per heavy atom. The minimum Gasteiger partial charge on any atom is -0.290 e. The number of nitrogens with zero attached hydrogens (tertiary/aromatic N) is 2. The van der Waals surface area contributed by atoms with Gasteiger partial charge in [-0.25, -0.2) is 0 Å². The normalized spacial score (nSPS) is 11.3. The summed E-state index contributed by atoms with van der Waals surface area (Å²) in [6.07, 6.45) is 1.90. The molecule has 0 heterocycles. The average Bonchev–Trinajstić information content (AvgIpc) is 2.35. The van der Waals surface area contributed by atoms with Crippen molar-refractivity contribution in [1.82, 2.24) is 5.48 Å². The first-order valence-corrected chi connectivity index (χ1v) is 5.38. The first kappa shape index (κ1) is 13.1. The summed E-state index contributed by atoms with van der Waals surface area (Å²) < 4.78 is 0. The molecular weight excluding hydrogens is 222 g/mol. The predicted molar refractivity (Wildman–Crippen MR) is 64.3 cm³/mol. The van der Waals surface area contributed by atoms with Gasteiger partial charge in [0.1, 0.15) is 0 Å². The molecular formula is C11H15N3O3. The van der Waals surface area contributed by atoms with Gasteiger partial charge in [0, 0.05) is 24.2 Å². The highest BCUT2D eigenvalue weighted by molar-refractivity contribution is 5.98. The summed E-state index contributed by atoms with van der Waals surface area (Å²) in [5, 5.41) is 19.6. The third-order valence-electron chi connectivity index (χ3n) is 2.22. The lowest BCUT2D eigenvalue weighted by Gasteiger charge is -2.04. The molecule has 0 atom stereocenters. The van der Waals surface area contributed by atoms with Crippen LogP contribution in [-0.4, -0.2) is 22.5 Å². The van der Waals surface area contributed by atoms with Crippen molar-refractivity contribution in [3.8, 4) is 0 Å². The number of nitro benzene ring substituents is 1. The Hall–Kier alpha value is -1.95. The predicted octanol–water partition coefficient (Wildman–Crippen LogP) is 2.12. The van der Waals surface area contributed by atoms with E-state index in [1.807, 2.05) is 12.4 Å². The van der Waals surface area contributed by atoms with Crippen LogP contribution in [0.2, 0.25) is 0 Å². The molecule has 0 spiro atoms. The largest absolute Gasteiger partial charge is 0.290 e. The molecule has 6 nitrogen and oxygen atoms in total. The molecule has 1 rings (SSSR count). The zero-order valence-electron chi connectivity index (χ0n) is 9.59.